The Kier molecular flexibility index (Phi) is 3.02. The Morgan fingerprint density at radius 2 is 2.28 bits per heavy atom. The van der Waals surface area contributed by atoms with Gasteiger partial charge in [0.05, 0.1) is 12.4 Å². The molecule has 0 radical (unpaired) electrons. The van der Waals surface area contributed by atoms with Crippen LogP contribution >= 0.6 is 0 Å². The van der Waals surface area contributed by atoms with Crippen molar-refractivity contribution in [2.24, 2.45) is 0 Å². The molecule has 1 aliphatic rings. The molecule has 1 atom stereocenters. The first-order chi connectivity index (χ1) is 8.84. The Morgan fingerprint density at radius 1 is 1.33 bits per heavy atom. The molecule has 1 saturated heterocycles. The van der Waals surface area contributed by atoms with Gasteiger partial charge >= 0.3 is 0 Å². The van der Waals surface area contributed by atoms with Crippen molar-refractivity contribution in [3.8, 4) is 5.75 Å². The summed E-state index contributed by atoms with van der Waals surface area (Å²) in [6.45, 7) is 1.28. The Morgan fingerprint density at radius 3 is 3.11 bits per heavy atom. The lowest BCUT2D eigenvalue weighted by Gasteiger charge is -2.12. The fraction of sp³-hybridized carbons (Fsp3) is 0.357. The molecular weight excluding hydrogens is 232 g/mol. The summed E-state index contributed by atoms with van der Waals surface area (Å²) in [5, 5.41) is 0.498. The Labute approximate surface area is 104 Å². The van der Waals surface area contributed by atoms with E-state index in [1.165, 1.54) is 12.3 Å². The minimum atomic E-state index is -0.0841. The largest absolute Gasteiger partial charge is 0.490 e. The molecule has 2 heterocycles. The third-order valence-corrected chi connectivity index (χ3v) is 3.10. The molecule has 1 aromatic carbocycles. The fourth-order valence-corrected chi connectivity index (χ4v) is 2.18. The molecule has 1 unspecified atom stereocenters. The van der Waals surface area contributed by atoms with Crippen LogP contribution in [0.5, 0.6) is 5.75 Å². The first-order valence-electron chi connectivity index (χ1n) is 6.09. The standard InChI is InChI=1S/C14H14O4/c15-11-6-8-17-12-4-1-5-13(14(11)12)18-9-10-3-2-7-16-10/h1,4-6,8,10H,2-3,7,9H2. The molecular formula is C14H14O4. The van der Waals surface area contributed by atoms with Gasteiger partial charge in [-0.15, -0.1) is 0 Å². The Bertz CT molecular complexity index is 591. The monoisotopic (exact) mass is 246 g/mol. The molecule has 3 rings (SSSR count). The molecule has 1 fully saturated rings. The van der Waals surface area contributed by atoms with E-state index < -0.39 is 0 Å². The van der Waals surface area contributed by atoms with Crippen LogP contribution in [0.25, 0.3) is 11.0 Å². The highest BCUT2D eigenvalue weighted by molar-refractivity contribution is 5.83. The van der Waals surface area contributed by atoms with Crippen molar-refractivity contribution in [1.29, 1.82) is 0 Å². The van der Waals surface area contributed by atoms with Crippen molar-refractivity contribution >= 4 is 11.0 Å². The summed E-state index contributed by atoms with van der Waals surface area (Å²) >= 11 is 0. The second kappa shape index (κ2) is 4.82. The second-order valence-corrected chi connectivity index (χ2v) is 4.36. The van der Waals surface area contributed by atoms with Crippen molar-refractivity contribution in [3.63, 3.8) is 0 Å². The molecule has 0 amide bonds. The molecule has 1 aromatic heterocycles. The molecule has 0 aliphatic carbocycles. The quantitative estimate of drug-likeness (QED) is 0.834. The van der Waals surface area contributed by atoms with Gasteiger partial charge in [-0.1, -0.05) is 6.07 Å². The van der Waals surface area contributed by atoms with Crippen LogP contribution < -0.4 is 10.2 Å². The molecule has 0 bridgehead atoms. The maximum absolute atomic E-state index is 11.8. The van der Waals surface area contributed by atoms with Crippen LogP contribution in [0.1, 0.15) is 12.8 Å². The molecule has 4 nitrogen and oxygen atoms in total. The number of benzene rings is 1. The van der Waals surface area contributed by atoms with E-state index in [1.54, 1.807) is 12.1 Å². The molecule has 4 heteroatoms. The second-order valence-electron chi connectivity index (χ2n) is 4.36. The van der Waals surface area contributed by atoms with E-state index in [0.717, 1.165) is 19.4 Å². The summed E-state index contributed by atoms with van der Waals surface area (Å²) in [5.74, 6) is 0.567. The van der Waals surface area contributed by atoms with Gasteiger partial charge < -0.3 is 13.9 Å². The van der Waals surface area contributed by atoms with Crippen molar-refractivity contribution in [2.45, 2.75) is 18.9 Å². The zero-order chi connectivity index (χ0) is 12.4. The average Bonchev–Trinajstić information content (AvgIpc) is 2.89. The normalized spacial score (nSPS) is 19.2. The zero-order valence-electron chi connectivity index (χ0n) is 9.93. The molecule has 0 N–H and O–H groups in total. The van der Waals surface area contributed by atoms with Crippen LogP contribution in [0.15, 0.2) is 39.7 Å². The summed E-state index contributed by atoms with van der Waals surface area (Å²) in [5.41, 5.74) is 0.464. The summed E-state index contributed by atoms with van der Waals surface area (Å²) < 4.78 is 16.5. The Balaban J connectivity index is 1.89. The molecule has 18 heavy (non-hydrogen) atoms. The highest BCUT2D eigenvalue weighted by Crippen LogP contribution is 2.23. The lowest BCUT2D eigenvalue weighted by Crippen LogP contribution is -2.17. The summed E-state index contributed by atoms with van der Waals surface area (Å²) in [4.78, 5) is 11.8. The van der Waals surface area contributed by atoms with Gasteiger partial charge in [-0.3, -0.25) is 4.79 Å². The number of rotatable bonds is 3. The lowest BCUT2D eigenvalue weighted by atomic mass is 10.2. The summed E-state index contributed by atoms with van der Waals surface area (Å²) in [7, 11) is 0. The number of ether oxygens (including phenoxy) is 2. The van der Waals surface area contributed by atoms with Crippen molar-refractivity contribution in [3.05, 3.63) is 40.8 Å². The van der Waals surface area contributed by atoms with Crippen molar-refractivity contribution in [2.75, 3.05) is 13.2 Å². The minimum Gasteiger partial charge on any atom is -0.490 e. The van der Waals surface area contributed by atoms with Gasteiger partial charge in [0, 0.05) is 12.7 Å². The van der Waals surface area contributed by atoms with Gasteiger partial charge in [0.1, 0.15) is 23.3 Å². The molecule has 1 aliphatic heterocycles. The first kappa shape index (κ1) is 11.3. The van der Waals surface area contributed by atoms with Gasteiger partial charge in [0.25, 0.3) is 0 Å². The van der Waals surface area contributed by atoms with Crippen LogP contribution in [0, 0.1) is 0 Å². The van der Waals surface area contributed by atoms with Crippen molar-refractivity contribution in [1.82, 2.24) is 0 Å². The Hall–Kier alpha value is -1.81. The van der Waals surface area contributed by atoms with E-state index in [9.17, 15) is 4.79 Å². The predicted molar refractivity (Wildman–Crippen MR) is 67.0 cm³/mol. The maximum atomic E-state index is 11.8. The minimum absolute atomic E-state index is 0.0841. The van der Waals surface area contributed by atoms with Crippen LogP contribution in [0.4, 0.5) is 0 Å². The first-order valence-corrected chi connectivity index (χ1v) is 6.09. The van der Waals surface area contributed by atoms with Gasteiger partial charge in [-0.25, -0.2) is 0 Å². The van der Waals surface area contributed by atoms with Gasteiger partial charge in [-0.05, 0) is 25.0 Å². The van der Waals surface area contributed by atoms with Crippen LogP contribution in [-0.2, 0) is 4.74 Å². The third kappa shape index (κ3) is 2.11. The highest BCUT2D eigenvalue weighted by atomic mass is 16.5. The summed E-state index contributed by atoms with van der Waals surface area (Å²) in [6, 6.07) is 6.77. The SMILES string of the molecule is O=c1ccoc2cccc(OCC3CCCO3)c12. The van der Waals surface area contributed by atoms with E-state index in [4.69, 9.17) is 13.9 Å². The topological polar surface area (TPSA) is 48.7 Å². The average molecular weight is 246 g/mol. The van der Waals surface area contributed by atoms with Gasteiger partial charge in [-0.2, -0.15) is 0 Å². The highest BCUT2D eigenvalue weighted by Gasteiger charge is 2.17. The van der Waals surface area contributed by atoms with Crippen LogP contribution in [0.3, 0.4) is 0 Å². The predicted octanol–water partition coefficient (Wildman–Crippen LogP) is 2.35. The van der Waals surface area contributed by atoms with Gasteiger partial charge in [0.15, 0.2) is 5.43 Å². The summed E-state index contributed by atoms with van der Waals surface area (Å²) in [6.07, 6.45) is 3.62. The molecule has 0 spiro atoms. The number of hydrogen-bond acceptors (Lipinski definition) is 4. The van der Waals surface area contributed by atoms with Crippen LogP contribution in [0.2, 0.25) is 0 Å². The molecule has 2 aromatic rings. The van der Waals surface area contributed by atoms with E-state index in [2.05, 4.69) is 0 Å². The maximum Gasteiger partial charge on any atom is 0.196 e. The van der Waals surface area contributed by atoms with Crippen LogP contribution in [-0.4, -0.2) is 19.3 Å². The van der Waals surface area contributed by atoms with E-state index in [1.807, 2.05) is 6.07 Å². The smallest absolute Gasteiger partial charge is 0.196 e. The fourth-order valence-electron chi connectivity index (χ4n) is 2.18. The van der Waals surface area contributed by atoms with Crippen molar-refractivity contribution < 1.29 is 13.9 Å². The third-order valence-electron chi connectivity index (χ3n) is 3.10. The lowest BCUT2D eigenvalue weighted by molar-refractivity contribution is 0.0684. The van der Waals surface area contributed by atoms with Gasteiger partial charge in [0.2, 0.25) is 0 Å². The zero-order valence-corrected chi connectivity index (χ0v) is 9.93. The van der Waals surface area contributed by atoms with E-state index in [-0.39, 0.29) is 11.5 Å². The van der Waals surface area contributed by atoms with E-state index >= 15 is 0 Å². The van der Waals surface area contributed by atoms with E-state index in [0.29, 0.717) is 23.3 Å². The molecule has 94 valence electrons. The number of fused-ring (bicyclic) bond motifs is 1. The number of hydrogen-bond donors (Lipinski definition) is 0. The molecule has 0 saturated carbocycles.